The first-order chi connectivity index (χ1) is 12.8. The highest BCUT2D eigenvalue weighted by molar-refractivity contribution is 7.16. The van der Waals surface area contributed by atoms with Crippen molar-refractivity contribution >= 4 is 39.9 Å². The molecule has 2 aromatic heterocycles. The highest BCUT2D eigenvalue weighted by Gasteiger charge is 2.36. The summed E-state index contributed by atoms with van der Waals surface area (Å²) in [5, 5.41) is 5.81. The van der Waals surface area contributed by atoms with Gasteiger partial charge in [0.1, 0.15) is 5.69 Å². The summed E-state index contributed by atoms with van der Waals surface area (Å²) in [6.45, 7) is 0. The van der Waals surface area contributed by atoms with Crippen LogP contribution in [-0.4, -0.2) is 26.5 Å². The predicted octanol–water partition coefficient (Wildman–Crippen LogP) is 4.42. The number of carbonyl (C=O) groups is 1. The lowest BCUT2D eigenvalue weighted by molar-refractivity contribution is -0.138. The molecular weight excluding hydrogens is 401 g/mol. The van der Waals surface area contributed by atoms with Crippen molar-refractivity contribution in [2.75, 3.05) is 0 Å². The number of nitrogens with zero attached hydrogens (tertiary/aromatic N) is 3. The third kappa shape index (κ3) is 3.70. The highest BCUT2D eigenvalue weighted by Crippen LogP contribution is 2.36. The molecule has 0 spiro atoms. The van der Waals surface area contributed by atoms with E-state index in [0.29, 0.717) is 27.6 Å². The first-order valence-corrected chi connectivity index (χ1v) is 9.22. The Morgan fingerprint density at radius 3 is 2.74 bits per heavy atom. The normalized spacial score (nSPS) is 15.0. The molecule has 0 atom stereocenters. The molecule has 27 heavy (non-hydrogen) atoms. The molecule has 0 aliphatic heterocycles. The summed E-state index contributed by atoms with van der Waals surface area (Å²) in [6.07, 6.45) is -0.0178. The maximum absolute atomic E-state index is 13.0. The first kappa shape index (κ1) is 18.0. The van der Waals surface area contributed by atoms with Crippen molar-refractivity contribution in [3.8, 4) is 11.3 Å². The van der Waals surface area contributed by atoms with E-state index in [2.05, 4.69) is 15.4 Å². The number of benzene rings is 1. The van der Waals surface area contributed by atoms with Gasteiger partial charge in [-0.1, -0.05) is 41.1 Å². The molecule has 3 aromatic rings. The molecule has 1 aromatic carbocycles. The van der Waals surface area contributed by atoms with Gasteiger partial charge in [-0.05, 0) is 25.0 Å². The average Bonchev–Trinajstić information content (AvgIpc) is 3.19. The molecule has 1 aliphatic rings. The Labute approximate surface area is 160 Å². The number of aromatic nitrogens is 3. The Bertz CT molecular complexity index is 1050. The second-order valence-electron chi connectivity index (χ2n) is 6.04. The van der Waals surface area contributed by atoms with Crippen LogP contribution in [0, 0.1) is 0 Å². The van der Waals surface area contributed by atoms with Crippen LogP contribution in [0.1, 0.15) is 23.5 Å². The van der Waals surface area contributed by atoms with Crippen LogP contribution in [0.25, 0.3) is 22.3 Å². The number of imidazole rings is 1. The third-order valence-electron chi connectivity index (χ3n) is 3.93. The number of hydrogen-bond donors (Lipinski definition) is 1. The molecule has 0 unspecified atom stereocenters. The zero-order valence-electron chi connectivity index (χ0n) is 13.6. The van der Waals surface area contributed by atoms with Gasteiger partial charge in [0.2, 0.25) is 15.9 Å². The molecule has 10 heteroatoms. The average molecular weight is 413 g/mol. The van der Waals surface area contributed by atoms with E-state index in [1.54, 1.807) is 24.3 Å². The lowest BCUT2D eigenvalue weighted by Gasteiger charge is -2.03. The van der Waals surface area contributed by atoms with Crippen molar-refractivity contribution in [3.63, 3.8) is 0 Å². The molecule has 1 N–H and O–H groups in total. The van der Waals surface area contributed by atoms with Gasteiger partial charge in [-0.3, -0.25) is 4.79 Å². The highest BCUT2D eigenvalue weighted by atomic mass is 35.5. The quantitative estimate of drug-likeness (QED) is 0.645. The van der Waals surface area contributed by atoms with Crippen molar-refractivity contribution in [3.05, 3.63) is 46.1 Å². The fraction of sp³-hybridized carbons (Fsp3) is 0.235. The van der Waals surface area contributed by atoms with Crippen LogP contribution >= 0.6 is 22.9 Å². The Hall–Kier alpha value is -2.39. The Morgan fingerprint density at radius 1 is 1.33 bits per heavy atom. The van der Waals surface area contributed by atoms with Gasteiger partial charge in [-0.25, -0.2) is 9.50 Å². The van der Waals surface area contributed by atoms with Crippen LogP contribution in [-0.2, 0) is 11.0 Å². The second kappa shape index (κ2) is 6.65. The third-order valence-corrected chi connectivity index (χ3v) is 5.21. The number of rotatable bonds is 4. The number of carbonyl (C=O) groups excluding carboxylic acids is 1. The van der Waals surface area contributed by atoms with Gasteiger partial charge in [0.15, 0.2) is 0 Å². The zero-order chi connectivity index (χ0) is 19.2. The van der Waals surface area contributed by atoms with Crippen LogP contribution < -0.4 is 5.32 Å². The number of hydrogen-bond acceptors (Lipinski definition) is 4. The standard InChI is InChI=1S/C17H12ClF3N4OS/c18-11-4-2-1-3-10(11)14-12(7-8-13(26)22-9-5-6-9)25-16(23-14)27-15(24-25)17(19,20)21/h1-4,7-9H,5-6H2,(H,22,26). The van der Waals surface area contributed by atoms with Crippen molar-refractivity contribution < 1.29 is 18.0 Å². The van der Waals surface area contributed by atoms with E-state index in [-0.39, 0.29) is 22.6 Å². The molecule has 0 bridgehead atoms. The SMILES string of the molecule is O=C(C=Cc1c(-c2ccccc2Cl)nc2sc(C(F)(F)F)nn12)NC1CC1. The minimum Gasteiger partial charge on any atom is -0.350 e. The minimum absolute atomic E-state index is 0.0690. The van der Waals surface area contributed by atoms with Gasteiger partial charge in [-0.15, -0.1) is 5.10 Å². The van der Waals surface area contributed by atoms with Crippen LogP contribution in [0.4, 0.5) is 13.2 Å². The van der Waals surface area contributed by atoms with Crippen LogP contribution in [0.3, 0.4) is 0 Å². The van der Waals surface area contributed by atoms with Gasteiger partial charge in [0, 0.05) is 17.7 Å². The Balaban J connectivity index is 1.81. The van der Waals surface area contributed by atoms with Gasteiger partial charge in [-0.2, -0.15) is 13.2 Å². The lowest BCUT2D eigenvalue weighted by atomic mass is 10.1. The van der Waals surface area contributed by atoms with E-state index >= 15 is 0 Å². The summed E-state index contributed by atoms with van der Waals surface area (Å²) < 4.78 is 40.1. The van der Waals surface area contributed by atoms with E-state index in [0.717, 1.165) is 17.4 Å². The molecule has 0 radical (unpaired) electrons. The summed E-state index contributed by atoms with van der Waals surface area (Å²) in [6, 6.07) is 7.03. The molecule has 1 fully saturated rings. The number of fused-ring (bicyclic) bond motifs is 1. The summed E-state index contributed by atoms with van der Waals surface area (Å²) in [5.41, 5.74) is 1.17. The predicted molar refractivity (Wildman–Crippen MR) is 96.5 cm³/mol. The van der Waals surface area contributed by atoms with Gasteiger partial charge in [0.05, 0.1) is 10.7 Å². The minimum atomic E-state index is -4.57. The van der Waals surface area contributed by atoms with Crippen molar-refractivity contribution in [2.24, 2.45) is 0 Å². The topological polar surface area (TPSA) is 59.3 Å². The van der Waals surface area contributed by atoms with Gasteiger partial charge in [0.25, 0.3) is 0 Å². The Morgan fingerprint density at radius 2 is 2.07 bits per heavy atom. The van der Waals surface area contributed by atoms with Gasteiger partial charge < -0.3 is 5.32 Å². The van der Waals surface area contributed by atoms with E-state index in [1.165, 1.54) is 12.2 Å². The summed E-state index contributed by atoms with van der Waals surface area (Å²) >= 11 is 6.65. The molecule has 140 valence electrons. The fourth-order valence-electron chi connectivity index (χ4n) is 2.51. The van der Waals surface area contributed by atoms with E-state index in [1.807, 2.05) is 0 Å². The molecule has 2 heterocycles. The van der Waals surface area contributed by atoms with E-state index in [9.17, 15) is 18.0 Å². The van der Waals surface area contributed by atoms with E-state index < -0.39 is 11.2 Å². The van der Waals surface area contributed by atoms with Gasteiger partial charge >= 0.3 is 6.18 Å². The molecule has 1 amide bonds. The number of amides is 1. The number of alkyl halides is 3. The summed E-state index contributed by atoms with van der Waals surface area (Å²) in [5.74, 6) is -0.316. The van der Waals surface area contributed by atoms with Crippen LogP contribution in [0.15, 0.2) is 30.3 Å². The Kier molecular flexibility index (Phi) is 4.43. The molecule has 0 saturated heterocycles. The lowest BCUT2D eigenvalue weighted by Crippen LogP contribution is -2.22. The first-order valence-electron chi connectivity index (χ1n) is 8.03. The monoisotopic (exact) mass is 412 g/mol. The molecule has 1 aliphatic carbocycles. The fourth-order valence-corrected chi connectivity index (χ4v) is 3.51. The second-order valence-corrected chi connectivity index (χ2v) is 7.40. The van der Waals surface area contributed by atoms with Crippen molar-refractivity contribution in [1.82, 2.24) is 19.9 Å². The summed E-state index contributed by atoms with van der Waals surface area (Å²) in [4.78, 5) is 16.3. The molecule has 1 saturated carbocycles. The zero-order valence-corrected chi connectivity index (χ0v) is 15.2. The molecule has 5 nitrogen and oxygen atoms in total. The largest absolute Gasteiger partial charge is 0.445 e. The smallest absolute Gasteiger partial charge is 0.350 e. The summed E-state index contributed by atoms with van der Waals surface area (Å²) in [7, 11) is 0. The van der Waals surface area contributed by atoms with E-state index in [4.69, 9.17) is 11.6 Å². The maximum atomic E-state index is 13.0. The van der Waals surface area contributed by atoms with Crippen molar-refractivity contribution in [2.45, 2.75) is 25.1 Å². The van der Waals surface area contributed by atoms with Crippen LogP contribution in [0.2, 0.25) is 5.02 Å². The molecule has 4 rings (SSSR count). The number of halogens is 4. The van der Waals surface area contributed by atoms with Crippen LogP contribution in [0.5, 0.6) is 0 Å². The number of nitrogens with one attached hydrogen (secondary N) is 1. The molecular formula is C17H12ClF3N4OS. The van der Waals surface area contributed by atoms with Crippen molar-refractivity contribution in [1.29, 1.82) is 0 Å². The maximum Gasteiger partial charge on any atom is 0.445 e.